The fraction of sp³-hybridized carbons (Fsp3) is 0.353. The molecule has 0 amide bonds. The number of Topliss-reactive ketones (excluding diaryl/α,β-unsaturated/α-hetero) is 1. The summed E-state index contributed by atoms with van der Waals surface area (Å²) in [6, 6.07) is 11.7. The maximum absolute atomic E-state index is 12.1. The van der Waals surface area contributed by atoms with Crippen LogP contribution in [0.1, 0.15) is 48.9 Å². The van der Waals surface area contributed by atoms with Crippen LogP contribution >= 0.6 is 0 Å². The van der Waals surface area contributed by atoms with Crippen molar-refractivity contribution in [3.05, 3.63) is 59.5 Å². The molecule has 1 aromatic heterocycles. The Hall–Kier alpha value is -1.83. The molecule has 1 heterocycles. The number of benzene rings is 1. The van der Waals surface area contributed by atoms with Crippen LogP contribution in [0.5, 0.6) is 0 Å². The van der Waals surface area contributed by atoms with Crippen molar-refractivity contribution in [1.29, 1.82) is 0 Å². The lowest BCUT2D eigenvalue weighted by atomic mass is 9.86. The van der Waals surface area contributed by atoms with Crippen LogP contribution in [0.3, 0.4) is 0 Å². The third kappa shape index (κ3) is 3.57. The van der Waals surface area contributed by atoms with Gasteiger partial charge < -0.3 is 4.42 Å². The molecular formula is C17H20O2. The van der Waals surface area contributed by atoms with Crippen molar-refractivity contribution in [3.63, 3.8) is 0 Å². The molecule has 2 nitrogen and oxygen atoms in total. The molecule has 0 unspecified atom stereocenters. The van der Waals surface area contributed by atoms with Gasteiger partial charge in [-0.3, -0.25) is 4.79 Å². The van der Waals surface area contributed by atoms with Crippen molar-refractivity contribution >= 4 is 5.78 Å². The Bertz CT molecular complexity index is 528. The molecule has 0 saturated heterocycles. The lowest BCUT2D eigenvalue weighted by Crippen LogP contribution is -2.11. The molecule has 0 atom stereocenters. The van der Waals surface area contributed by atoms with Gasteiger partial charge in [-0.25, -0.2) is 0 Å². The first-order valence-electron chi connectivity index (χ1n) is 6.63. The highest BCUT2D eigenvalue weighted by molar-refractivity contribution is 5.96. The van der Waals surface area contributed by atoms with Crippen LogP contribution in [0, 0.1) is 0 Å². The van der Waals surface area contributed by atoms with E-state index in [0.29, 0.717) is 12.8 Å². The van der Waals surface area contributed by atoms with Gasteiger partial charge in [0, 0.05) is 18.4 Å². The molecule has 100 valence electrons. The molecule has 0 fully saturated rings. The number of carbonyl (C=O) groups is 1. The van der Waals surface area contributed by atoms with Crippen LogP contribution in [-0.2, 0) is 11.8 Å². The quantitative estimate of drug-likeness (QED) is 0.759. The lowest BCUT2D eigenvalue weighted by molar-refractivity contribution is 0.0981. The third-order valence-corrected chi connectivity index (χ3v) is 3.25. The average molecular weight is 256 g/mol. The van der Waals surface area contributed by atoms with E-state index in [-0.39, 0.29) is 11.2 Å². The molecule has 1 aromatic carbocycles. The van der Waals surface area contributed by atoms with Gasteiger partial charge in [-0.05, 0) is 23.1 Å². The Labute approximate surface area is 114 Å². The average Bonchev–Trinajstić information content (AvgIpc) is 2.88. The zero-order chi connectivity index (χ0) is 13.9. The summed E-state index contributed by atoms with van der Waals surface area (Å²) < 4.78 is 5.23. The maximum Gasteiger partial charge on any atom is 0.163 e. The first kappa shape index (κ1) is 13.6. The molecule has 0 spiro atoms. The summed E-state index contributed by atoms with van der Waals surface area (Å²) in [5.74, 6) is 1.02. The minimum Gasteiger partial charge on any atom is -0.469 e. The third-order valence-electron chi connectivity index (χ3n) is 3.25. The monoisotopic (exact) mass is 256 g/mol. The highest BCUT2D eigenvalue weighted by Crippen LogP contribution is 2.22. The van der Waals surface area contributed by atoms with Crippen LogP contribution in [0.2, 0.25) is 0 Å². The molecule has 2 aromatic rings. The van der Waals surface area contributed by atoms with E-state index in [0.717, 1.165) is 11.3 Å². The summed E-state index contributed by atoms with van der Waals surface area (Å²) in [7, 11) is 0. The fourth-order valence-corrected chi connectivity index (χ4v) is 1.99. The van der Waals surface area contributed by atoms with Gasteiger partial charge in [-0.1, -0.05) is 45.0 Å². The molecule has 2 heteroatoms. The van der Waals surface area contributed by atoms with Gasteiger partial charge in [0.05, 0.1) is 6.26 Å². The maximum atomic E-state index is 12.1. The Morgan fingerprint density at radius 2 is 1.79 bits per heavy atom. The summed E-state index contributed by atoms with van der Waals surface area (Å²) in [6.07, 6.45) is 2.78. The van der Waals surface area contributed by atoms with Crippen molar-refractivity contribution < 1.29 is 9.21 Å². The zero-order valence-corrected chi connectivity index (χ0v) is 11.8. The molecule has 0 saturated carbocycles. The Kier molecular flexibility index (Phi) is 3.89. The molecule has 0 aliphatic heterocycles. The molecule has 19 heavy (non-hydrogen) atoms. The van der Waals surface area contributed by atoms with Crippen LogP contribution in [0.25, 0.3) is 0 Å². The number of rotatable bonds is 4. The molecule has 0 aliphatic carbocycles. The summed E-state index contributed by atoms with van der Waals surface area (Å²) in [5, 5.41) is 0. The summed E-state index contributed by atoms with van der Waals surface area (Å²) >= 11 is 0. The van der Waals surface area contributed by atoms with Crippen molar-refractivity contribution in [1.82, 2.24) is 0 Å². The van der Waals surface area contributed by atoms with Gasteiger partial charge in [0.1, 0.15) is 5.76 Å². The Morgan fingerprint density at radius 1 is 1.11 bits per heavy atom. The highest BCUT2D eigenvalue weighted by atomic mass is 16.3. The van der Waals surface area contributed by atoms with Gasteiger partial charge in [0.15, 0.2) is 5.78 Å². The topological polar surface area (TPSA) is 30.2 Å². The fourth-order valence-electron chi connectivity index (χ4n) is 1.99. The van der Waals surface area contributed by atoms with Crippen LogP contribution in [0.15, 0.2) is 47.1 Å². The first-order valence-corrected chi connectivity index (χ1v) is 6.63. The van der Waals surface area contributed by atoms with Crippen LogP contribution in [-0.4, -0.2) is 5.78 Å². The number of carbonyl (C=O) groups excluding carboxylic acids is 1. The van der Waals surface area contributed by atoms with Gasteiger partial charge >= 0.3 is 0 Å². The predicted molar refractivity (Wildman–Crippen MR) is 76.5 cm³/mol. The van der Waals surface area contributed by atoms with Gasteiger partial charge in [0.2, 0.25) is 0 Å². The number of furan rings is 1. The van der Waals surface area contributed by atoms with E-state index in [2.05, 4.69) is 20.8 Å². The summed E-state index contributed by atoms with van der Waals surface area (Å²) in [4.78, 5) is 12.1. The Morgan fingerprint density at radius 3 is 2.32 bits per heavy atom. The van der Waals surface area contributed by atoms with Crippen LogP contribution < -0.4 is 0 Å². The van der Waals surface area contributed by atoms with E-state index in [9.17, 15) is 4.79 Å². The van der Waals surface area contributed by atoms with E-state index < -0.39 is 0 Å². The first-order chi connectivity index (χ1) is 8.97. The summed E-state index contributed by atoms with van der Waals surface area (Å²) in [5.41, 5.74) is 2.14. The number of aryl methyl sites for hydroxylation is 1. The van der Waals surface area contributed by atoms with Crippen molar-refractivity contribution in [2.75, 3.05) is 0 Å². The van der Waals surface area contributed by atoms with Gasteiger partial charge in [0.25, 0.3) is 0 Å². The second-order valence-corrected chi connectivity index (χ2v) is 5.83. The number of hydrogen-bond donors (Lipinski definition) is 0. The summed E-state index contributed by atoms with van der Waals surface area (Å²) in [6.45, 7) is 6.50. The van der Waals surface area contributed by atoms with Crippen LogP contribution in [0.4, 0.5) is 0 Å². The van der Waals surface area contributed by atoms with E-state index in [1.165, 1.54) is 5.56 Å². The SMILES string of the molecule is CC(C)(C)c1ccc(C(=O)CCc2ccco2)cc1. The minimum absolute atomic E-state index is 0.121. The number of hydrogen-bond acceptors (Lipinski definition) is 2. The Balaban J connectivity index is 2.00. The van der Waals surface area contributed by atoms with E-state index in [1.54, 1.807) is 6.26 Å². The molecular weight excluding hydrogens is 236 g/mol. The molecule has 0 bridgehead atoms. The van der Waals surface area contributed by atoms with Gasteiger partial charge in [-0.2, -0.15) is 0 Å². The van der Waals surface area contributed by atoms with Gasteiger partial charge in [-0.15, -0.1) is 0 Å². The van der Waals surface area contributed by atoms with E-state index in [1.807, 2.05) is 36.4 Å². The molecule has 0 N–H and O–H groups in total. The lowest BCUT2D eigenvalue weighted by Gasteiger charge is -2.18. The minimum atomic E-state index is 0.121. The predicted octanol–water partition coefficient (Wildman–Crippen LogP) is 4.39. The molecule has 0 aliphatic rings. The second kappa shape index (κ2) is 5.43. The number of ketones is 1. The second-order valence-electron chi connectivity index (χ2n) is 5.83. The van der Waals surface area contributed by atoms with Crippen molar-refractivity contribution in [2.45, 2.75) is 39.0 Å². The van der Waals surface area contributed by atoms with Crippen molar-refractivity contribution in [2.24, 2.45) is 0 Å². The normalized spacial score (nSPS) is 11.5. The largest absolute Gasteiger partial charge is 0.469 e. The zero-order valence-electron chi connectivity index (χ0n) is 11.8. The highest BCUT2D eigenvalue weighted by Gasteiger charge is 2.14. The standard InChI is InChI=1S/C17H20O2/c1-17(2,3)14-8-6-13(7-9-14)16(18)11-10-15-5-4-12-19-15/h4-9,12H,10-11H2,1-3H3. The molecule has 0 radical (unpaired) electrons. The van der Waals surface area contributed by atoms with E-state index in [4.69, 9.17) is 4.42 Å². The van der Waals surface area contributed by atoms with E-state index >= 15 is 0 Å². The molecule has 2 rings (SSSR count). The van der Waals surface area contributed by atoms with Crippen molar-refractivity contribution in [3.8, 4) is 0 Å². The smallest absolute Gasteiger partial charge is 0.163 e.